The van der Waals surface area contributed by atoms with E-state index in [1.807, 2.05) is 11.8 Å². The van der Waals surface area contributed by atoms with Crippen molar-refractivity contribution in [2.45, 2.75) is 85.0 Å². The lowest BCUT2D eigenvalue weighted by atomic mass is 9.80. The van der Waals surface area contributed by atoms with Gasteiger partial charge >= 0.3 is 0 Å². The molecule has 0 nitrogen and oxygen atoms in total. The van der Waals surface area contributed by atoms with Gasteiger partial charge in [0, 0.05) is 0 Å². The molecule has 1 aliphatic carbocycles. The molecule has 0 aromatic carbocycles. The highest BCUT2D eigenvalue weighted by molar-refractivity contribution is 7.98. The summed E-state index contributed by atoms with van der Waals surface area (Å²) in [6.45, 7) is 7.25. The molecule has 0 radical (unpaired) electrons. The summed E-state index contributed by atoms with van der Waals surface area (Å²) < 4.78 is 0. The molecule has 0 saturated heterocycles. The third-order valence-electron chi connectivity index (χ3n) is 5.80. The smallest absolute Gasteiger partial charge is 0.00702 e. The van der Waals surface area contributed by atoms with Crippen LogP contribution < -0.4 is 0 Å². The summed E-state index contributed by atoms with van der Waals surface area (Å²) in [5.74, 6) is 5.44. The summed E-state index contributed by atoms with van der Waals surface area (Å²) >= 11 is 2.01. The quantitative estimate of drug-likeness (QED) is 0.378. The van der Waals surface area contributed by atoms with E-state index in [-0.39, 0.29) is 0 Å². The van der Waals surface area contributed by atoms with Gasteiger partial charge in [0.2, 0.25) is 0 Å². The van der Waals surface area contributed by atoms with Crippen LogP contribution in [0.1, 0.15) is 85.0 Å². The minimum Gasteiger partial charge on any atom is -0.165 e. The van der Waals surface area contributed by atoms with Crippen LogP contribution in [-0.2, 0) is 0 Å². The second-order valence-electron chi connectivity index (χ2n) is 7.08. The highest BCUT2D eigenvalue weighted by atomic mass is 32.2. The van der Waals surface area contributed by atoms with Gasteiger partial charge in [-0.3, -0.25) is 0 Å². The molecule has 0 heterocycles. The molecule has 0 bridgehead atoms. The van der Waals surface area contributed by atoms with Gasteiger partial charge in [0.1, 0.15) is 0 Å². The van der Waals surface area contributed by atoms with Crippen molar-refractivity contribution in [1.82, 2.24) is 0 Å². The van der Waals surface area contributed by atoms with Gasteiger partial charge < -0.3 is 0 Å². The van der Waals surface area contributed by atoms with Crippen LogP contribution in [-0.4, -0.2) is 12.0 Å². The Morgan fingerprint density at radius 2 is 1.80 bits per heavy atom. The molecule has 0 spiro atoms. The first kappa shape index (κ1) is 18.4. The molecule has 1 aliphatic rings. The molecule has 0 aliphatic heterocycles. The van der Waals surface area contributed by atoms with Crippen LogP contribution in [0.3, 0.4) is 0 Å². The Bertz CT molecular complexity index is 222. The molecule has 1 rings (SSSR count). The van der Waals surface area contributed by atoms with E-state index >= 15 is 0 Å². The largest absolute Gasteiger partial charge is 0.165 e. The molecular formula is C19H38S. The molecule has 0 aromatic rings. The van der Waals surface area contributed by atoms with Gasteiger partial charge in [-0.05, 0) is 54.9 Å². The highest BCUT2D eigenvalue weighted by Gasteiger charge is 2.30. The van der Waals surface area contributed by atoms with Gasteiger partial charge in [0.15, 0.2) is 0 Å². The van der Waals surface area contributed by atoms with Crippen molar-refractivity contribution in [3.05, 3.63) is 0 Å². The fraction of sp³-hybridized carbons (Fsp3) is 1.00. The van der Waals surface area contributed by atoms with Gasteiger partial charge in [-0.2, -0.15) is 11.8 Å². The number of hydrogen-bond donors (Lipinski definition) is 0. The van der Waals surface area contributed by atoms with Gasteiger partial charge in [0.25, 0.3) is 0 Å². The second-order valence-corrected chi connectivity index (χ2v) is 8.07. The zero-order chi connectivity index (χ0) is 14.8. The Hall–Kier alpha value is 0.350. The van der Waals surface area contributed by atoms with E-state index in [0.717, 1.165) is 23.7 Å². The van der Waals surface area contributed by atoms with E-state index in [1.165, 1.54) is 70.0 Å². The highest BCUT2D eigenvalue weighted by Crippen LogP contribution is 2.41. The van der Waals surface area contributed by atoms with Crippen molar-refractivity contribution < 1.29 is 0 Å². The molecule has 0 aromatic heterocycles. The third-order valence-corrected chi connectivity index (χ3v) is 6.50. The van der Waals surface area contributed by atoms with Crippen LogP contribution in [0.5, 0.6) is 0 Å². The fourth-order valence-electron chi connectivity index (χ4n) is 4.30. The molecule has 3 atom stereocenters. The maximum Gasteiger partial charge on any atom is -0.00702 e. The van der Waals surface area contributed by atoms with Gasteiger partial charge in [0.05, 0.1) is 0 Å². The van der Waals surface area contributed by atoms with E-state index in [9.17, 15) is 0 Å². The first-order valence-electron chi connectivity index (χ1n) is 9.21. The average molecular weight is 299 g/mol. The molecular weight excluding hydrogens is 260 g/mol. The molecule has 120 valence electrons. The average Bonchev–Trinajstić information content (AvgIpc) is 2.92. The Morgan fingerprint density at radius 3 is 2.45 bits per heavy atom. The van der Waals surface area contributed by atoms with Crippen LogP contribution in [0.15, 0.2) is 0 Å². The Kier molecular flexibility index (Phi) is 10.1. The lowest BCUT2D eigenvalue weighted by molar-refractivity contribution is 0.243. The van der Waals surface area contributed by atoms with Gasteiger partial charge in [-0.25, -0.2) is 0 Å². The van der Waals surface area contributed by atoms with Crippen LogP contribution in [0.2, 0.25) is 0 Å². The monoisotopic (exact) mass is 298 g/mol. The van der Waals surface area contributed by atoms with Gasteiger partial charge in [-0.1, -0.05) is 65.7 Å². The Balaban J connectivity index is 2.26. The molecule has 1 heteroatoms. The molecule has 1 fully saturated rings. The zero-order valence-corrected chi connectivity index (χ0v) is 15.3. The predicted molar refractivity (Wildman–Crippen MR) is 95.5 cm³/mol. The summed E-state index contributed by atoms with van der Waals surface area (Å²) in [7, 11) is 0. The number of thioether (sulfide) groups is 1. The van der Waals surface area contributed by atoms with Crippen molar-refractivity contribution >= 4 is 11.8 Å². The Labute approximate surface area is 132 Å². The third kappa shape index (κ3) is 6.41. The van der Waals surface area contributed by atoms with Crippen molar-refractivity contribution in [2.24, 2.45) is 23.7 Å². The van der Waals surface area contributed by atoms with E-state index < -0.39 is 0 Å². The summed E-state index contributed by atoms with van der Waals surface area (Å²) in [4.78, 5) is 0. The molecule has 20 heavy (non-hydrogen) atoms. The van der Waals surface area contributed by atoms with Crippen LogP contribution in [0.25, 0.3) is 0 Å². The zero-order valence-electron chi connectivity index (χ0n) is 14.5. The van der Waals surface area contributed by atoms with Crippen LogP contribution in [0.4, 0.5) is 0 Å². The minimum absolute atomic E-state index is 0.975. The first-order valence-corrected chi connectivity index (χ1v) is 10.6. The Morgan fingerprint density at radius 1 is 1.05 bits per heavy atom. The lowest BCUT2D eigenvalue weighted by Gasteiger charge is -2.26. The van der Waals surface area contributed by atoms with Crippen LogP contribution in [0, 0.1) is 23.7 Å². The number of rotatable bonds is 11. The van der Waals surface area contributed by atoms with Crippen LogP contribution >= 0.6 is 11.8 Å². The molecule has 1 saturated carbocycles. The summed E-state index contributed by atoms with van der Waals surface area (Å²) in [6, 6.07) is 0. The lowest BCUT2D eigenvalue weighted by Crippen LogP contribution is -2.17. The van der Waals surface area contributed by atoms with Crippen molar-refractivity contribution in [3.8, 4) is 0 Å². The molecule has 0 N–H and O–H groups in total. The van der Waals surface area contributed by atoms with E-state index in [4.69, 9.17) is 0 Å². The first-order chi connectivity index (χ1) is 9.72. The normalized spacial score (nSPS) is 24.4. The second kappa shape index (κ2) is 11.0. The number of hydrogen-bond acceptors (Lipinski definition) is 1. The summed E-state index contributed by atoms with van der Waals surface area (Å²) in [6.07, 6.45) is 17.0. The maximum atomic E-state index is 2.53. The van der Waals surface area contributed by atoms with Crippen molar-refractivity contribution in [3.63, 3.8) is 0 Å². The van der Waals surface area contributed by atoms with Gasteiger partial charge in [-0.15, -0.1) is 0 Å². The maximum absolute atomic E-state index is 2.53. The molecule has 3 unspecified atom stereocenters. The van der Waals surface area contributed by atoms with Crippen molar-refractivity contribution in [2.75, 3.05) is 12.0 Å². The summed E-state index contributed by atoms with van der Waals surface area (Å²) in [5.41, 5.74) is 0. The van der Waals surface area contributed by atoms with E-state index in [2.05, 4.69) is 27.0 Å². The summed E-state index contributed by atoms with van der Waals surface area (Å²) in [5, 5.41) is 0. The SMILES string of the molecule is CCC(CC)CCCC1CCCC1C(C)CCCSC. The van der Waals surface area contributed by atoms with Crippen molar-refractivity contribution in [1.29, 1.82) is 0 Å². The fourth-order valence-corrected chi connectivity index (χ4v) is 4.76. The van der Waals surface area contributed by atoms with E-state index in [0.29, 0.717) is 0 Å². The topological polar surface area (TPSA) is 0 Å². The molecule has 0 amide bonds. The minimum atomic E-state index is 0.975. The standard InChI is InChI=1S/C19H38S/c1-5-17(6-2)11-7-12-18-13-8-14-19(18)16(3)10-9-15-20-4/h16-19H,5-15H2,1-4H3. The predicted octanol–water partition coefficient (Wildman–Crippen LogP) is 6.79. The van der Waals surface area contributed by atoms with E-state index in [1.54, 1.807) is 0 Å².